The van der Waals surface area contributed by atoms with Crippen molar-refractivity contribution >= 4 is 17.2 Å². The van der Waals surface area contributed by atoms with Crippen molar-refractivity contribution in [3.63, 3.8) is 0 Å². The topological polar surface area (TPSA) is 42.0 Å². The van der Waals surface area contributed by atoms with E-state index in [1.165, 1.54) is 0 Å². The summed E-state index contributed by atoms with van der Waals surface area (Å²) in [4.78, 5) is 16.3. The number of aromatic nitrogens is 1. The zero-order valence-corrected chi connectivity index (χ0v) is 11.1. The molecule has 0 fully saturated rings. The molecule has 0 aliphatic rings. The summed E-state index contributed by atoms with van der Waals surface area (Å²) in [5, 5.41) is 4.56. The number of carbonyl (C=O) groups excluding carboxylic acids is 1. The molecule has 0 saturated heterocycles. The summed E-state index contributed by atoms with van der Waals surface area (Å²) in [6.07, 6.45) is -3.10. The second-order valence-electron chi connectivity index (χ2n) is 4.02. The van der Waals surface area contributed by atoms with Crippen LogP contribution in [0.15, 0.2) is 35.8 Å². The Morgan fingerprint density at radius 1 is 1.30 bits per heavy atom. The molecule has 3 nitrogen and oxygen atoms in total. The van der Waals surface area contributed by atoms with Crippen LogP contribution in [0.5, 0.6) is 0 Å². The Hall–Kier alpha value is -1.89. The summed E-state index contributed by atoms with van der Waals surface area (Å²) >= 11 is 1.58. The Labute approximate surface area is 117 Å². The van der Waals surface area contributed by atoms with Gasteiger partial charge in [-0.25, -0.2) is 0 Å². The van der Waals surface area contributed by atoms with Gasteiger partial charge in [0, 0.05) is 17.6 Å². The molecule has 0 aliphatic heterocycles. The van der Waals surface area contributed by atoms with Crippen molar-refractivity contribution in [2.24, 2.45) is 0 Å². The molecule has 1 N–H and O–H groups in total. The molecule has 2 aromatic rings. The molecule has 0 bridgehead atoms. The van der Waals surface area contributed by atoms with Gasteiger partial charge in [-0.15, -0.1) is 11.3 Å². The van der Waals surface area contributed by atoms with Crippen LogP contribution in [-0.2, 0) is 12.6 Å². The Balaban J connectivity index is 1.89. The van der Waals surface area contributed by atoms with E-state index in [2.05, 4.69) is 10.3 Å². The molecule has 0 unspecified atom stereocenters. The number of carbonyl (C=O) groups is 1. The van der Waals surface area contributed by atoms with Crippen LogP contribution < -0.4 is 5.32 Å². The predicted molar refractivity (Wildman–Crippen MR) is 69.6 cm³/mol. The number of halogens is 3. The third-order valence-electron chi connectivity index (χ3n) is 2.56. The van der Waals surface area contributed by atoms with Gasteiger partial charge in [0.1, 0.15) is 5.69 Å². The number of rotatable bonds is 4. The minimum atomic E-state index is -4.44. The maximum absolute atomic E-state index is 12.3. The number of alkyl halides is 3. The summed E-state index contributed by atoms with van der Waals surface area (Å²) < 4.78 is 37.0. The molecule has 2 rings (SSSR count). The van der Waals surface area contributed by atoms with Crippen molar-refractivity contribution < 1.29 is 18.0 Å². The van der Waals surface area contributed by atoms with Crippen LogP contribution in [0.25, 0.3) is 0 Å². The van der Waals surface area contributed by atoms with Gasteiger partial charge >= 0.3 is 6.18 Å². The van der Waals surface area contributed by atoms with Gasteiger partial charge in [-0.2, -0.15) is 13.2 Å². The second kappa shape index (κ2) is 6.04. The van der Waals surface area contributed by atoms with Crippen molar-refractivity contribution in [1.29, 1.82) is 0 Å². The first kappa shape index (κ1) is 14.5. The van der Waals surface area contributed by atoms with Crippen LogP contribution >= 0.6 is 11.3 Å². The molecule has 0 spiro atoms. The minimum Gasteiger partial charge on any atom is -0.350 e. The van der Waals surface area contributed by atoms with E-state index in [0.29, 0.717) is 19.2 Å². The second-order valence-corrected chi connectivity index (χ2v) is 5.05. The first-order valence-electron chi connectivity index (χ1n) is 5.80. The maximum Gasteiger partial charge on any atom is 0.417 e. The Kier molecular flexibility index (Phi) is 4.39. The van der Waals surface area contributed by atoms with Crippen molar-refractivity contribution in [1.82, 2.24) is 10.3 Å². The summed E-state index contributed by atoms with van der Waals surface area (Å²) in [6.45, 7) is 0.419. The van der Waals surface area contributed by atoms with E-state index < -0.39 is 17.6 Å². The average Bonchev–Trinajstić information content (AvgIpc) is 2.91. The van der Waals surface area contributed by atoms with Crippen molar-refractivity contribution in [3.8, 4) is 0 Å². The average molecular weight is 300 g/mol. The van der Waals surface area contributed by atoms with Gasteiger partial charge in [0.25, 0.3) is 5.91 Å². The van der Waals surface area contributed by atoms with Crippen molar-refractivity contribution in [2.75, 3.05) is 6.54 Å². The fraction of sp³-hybridized carbons (Fsp3) is 0.231. The van der Waals surface area contributed by atoms with Gasteiger partial charge in [0.15, 0.2) is 0 Å². The van der Waals surface area contributed by atoms with Gasteiger partial charge in [0.05, 0.1) is 5.56 Å². The Morgan fingerprint density at radius 3 is 2.65 bits per heavy atom. The summed E-state index contributed by atoms with van der Waals surface area (Å²) in [6, 6.07) is 5.79. The number of hydrogen-bond donors (Lipinski definition) is 1. The number of pyridine rings is 1. The highest BCUT2D eigenvalue weighted by Crippen LogP contribution is 2.28. The van der Waals surface area contributed by atoms with Crippen LogP contribution in [0.3, 0.4) is 0 Å². The SMILES string of the molecule is O=C(NCCc1cccs1)c1ccc(C(F)(F)F)cn1. The van der Waals surface area contributed by atoms with E-state index >= 15 is 0 Å². The molecule has 2 heterocycles. The minimum absolute atomic E-state index is 0.0239. The largest absolute Gasteiger partial charge is 0.417 e. The summed E-state index contributed by atoms with van der Waals surface area (Å²) in [7, 11) is 0. The van der Waals surface area contributed by atoms with Crippen LogP contribution in [0.1, 0.15) is 20.9 Å². The van der Waals surface area contributed by atoms with E-state index in [1.54, 1.807) is 11.3 Å². The fourth-order valence-corrected chi connectivity index (χ4v) is 2.25. The molecule has 0 aromatic carbocycles. The molecule has 0 radical (unpaired) electrons. The van der Waals surface area contributed by atoms with Crippen molar-refractivity contribution in [3.05, 3.63) is 52.0 Å². The zero-order valence-electron chi connectivity index (χ0n) is 10.3. The van der Waals surface area contributed by atoms with E-state index in [-0.39, 0.29) is 5.69 Å². The molecular weight excluding hydrogens is 289 g/mol. The van der Waals surface area contributed by atoms with Gasteiger partial charge in [0.2, 0.25) is 0 Å². The highest BCUT2D eigenvalue weighted by Gasteiger charge is 2.30. The lowest BCUT2D eigenvalue weighted by Gasteiger charge is -2.07. The van der Waals surface area contributed by atoms with Gasteiger partial charge in [-0.3, -0.25) is 9.78 Å². The van der Waals surface area contributed by atoms with Crippen LogP contribution in [0, 0.1) is 0 Å². The third-order valence-corrected chi connectivity index (χ3v) is 3.50. The van der Waals surface area contributed by atoms with E-state index in [4.69, 9.17) is 0 Å². The first-order valence-corrected chi connectivity index (χ1v) is 6.68. The number of amides is 1. The van der Waals surface area contributed by atoms with E-state index in [0.717, 1.165) is 17.0 Å². The summed E-state index contributed by atoms with van der Waals surface area (Å²) in [5.74, 6) is -0.477. The number of hydrogen-bond acceptors (Lipinski definition) is 3. The first-order chi connectivity index (χ1) is 9.47. The number of thiophene rings is 1. The predicted octanol–water partition coefficient (Wildman–Crippen LogP) is 3.13. The Bertz CT molecular complexity index is 564. The van der Waals surface area contributed by atoms with Gasteiger partial charge in [-0.1, -0.05) is 6.07 Å². The molecule has 0 atom stereocenters. The van der Waals surface area contributed by atoms with Gasteiger partial charge < -0.3 is 5.32 Å². The fourth-order valence-electron chi connectivity index (χ4n) is 1.54. The third kappa shape index (κ3) is 3.80. The number of nitrogens with zero attached hydrogens (tertiary/aromatic N) is 1. The molecule has 2 aromatic heterocycles. The quantitative estimate of drug-likeness (QED) is 0.942. The number of nitrogens with one attached hydrogen (secondary N) is 1. The zero-order chi connectivity index (χ0) is 14.6. The maximum atomic E-state index is 12.3. The van der Waals surface area contributed by atoms with E-state index in [9.17, 15) is 18.0 Å². The highest BCUT2D eigenvalue weighted by molar-refractivity contribution is 7.09. The molecule has 1 amide bonds. The molecule has 0 saturated carbocycles. The molecule has 7 heteroatoms. The van der Waals surface area contributed by atoms with Crippen LogP contribution in [0.4, 0.5) is 13.2 Å². The lowest BCUT2D eigenvalue weighted by Crippen LogP contribution is -2.26. The smallest absolute Gasteiger partial charge is 0.350 e. The lowest BCUT2D eigenvalue weighted by molar-refractivity contribution is -0.137. The lowest BCUT2D eigenvalue weighted by atomic mass is 10.2. The normalized spacial score (nSPS) is 11.3. The monoisotopic (exact) mass is 300 g/mol. The molecular formula is C13H11F3N2OS. The van der Waals surface area contributed by atoms with E-state index in [1.807, 2.05) is 17.5 Å². The molecule has 0 aliphatic carbocycles. The molecule has 20 heavy (non-hydrogen) atoms. The van der Waals surface area contributed by atoms with Gasteiger partial charge in [-0.05, 0) is 30.0 Å². The molecule has 106 valence electrons. The Morgan fingerprint density at radius 2 is 2.10 bits per heavy atom. The highest BCUT2D eigenvalue weighted by atomic mass is 32.1. The summed E-state index contributed by atoms with van der Waals surface area (Å²) in [5.41, 5.74) is -0.892. The van der Waals surface area contributed by atoms with Crippen molar-refractivity contribution in [2.45, 2.75) is 12.6 Å². The standard InChI is InChI=1S/C13H11F3N2OS/c14-13(15,16)9-3-4-11(18-8-9)12(19)17-6-5-10-2-1-7-20-10/h1-4,7-8H,5-6H2,(H,17,19). The van der Waals surface area contributed by atoms with Crippen LogP contribution in [0.2, 0.25) is 0 Å². The van der Waals surface area contributed by atoms with Crippen LogP contribution in [-0.4, -0.2) is 17.4 Å².